The molecule has 1 fully saturated rings. The van der Waals surface area contributed by atoms with E-state index < -0.39 is 0 Å². The van der Waals surface area contributed by atoms with Crippen molar-refractivity contribution in [3.63, 3.8) is 0 Å². The molecule has 2 rings (SSSR count). The van der Waals surface area contributed by atoms with E-state index in [1.54, 1.807) is 6.20 Å². The largest absolute Gasteiger partial charge is 0.353 e. The Kier molecular flexibility index (Phi) is 3.51. The summed E-state index contributed by atoms with van der Waals surface area (Å²) in [5, 5.41) is 0.606. The number of pyridine rings is 1. The van der Waals surface area contributed by atoms with E-state index >= 15 is 0 Å². The Morgan fingerprint density at radius 2 is 2.47 bits per heavy atom. The zero-order valence-corrected chi connectivity index (χ0v) is 10.8. The number of rotatable bonds is 2. The molecule has 2 heterocycles. The van der Waals surface area contributed by atoms with Crippen LogP contribution in [0, 0.1) is 5.82 Å². The monoisotopic (exact) mass is 290 g/mol. The van der Waals surface area contributed by atoms with Gasteiger partial charge in [0, 0.05) is 29.0 Å². The number of anilines is 1. The van der Waals surface area contributed by atoms with Crippen molar-refractivity contribution in [1.82, 2.24) is 4.98 Å². The van der Waals surface area contributed by atoms with Gasteiger partial charge in [0.15, 0.2) is 11.6 Å². The predicted molar refractivity (Wildman–Crippen MR) is 66.0 cm³/mol. The predicted octanol–water partition coefficient (Wildman–Crippen LogP) is 2.92. The minimum Gasteiger partial charge on any atom is -0.353 e. The quantitative estimate of drug-likeness (QED) is 0.833. The van der Waals surface area contributed by atoms with Crippen LogP contribution in [-0.2, 0) is 0 Å². The van der Waals surface area contributed by atoms with Crippen LogP contribution in [0.15, 0.2) is 16.7 Å². The van der Waals surface area contributed by atoms with Crippen LogP contribution in [0.2, 0.25) is 0 Å². The van der Waals surface area contributed by atoms with Gasteiger partial charge in [-0.3, -0.25) is 0 Å². The molecular weight excluding hydrogens is 279 g/mol. The van der Waals surface area contributed by atoms with Crippen molar-refractivity contribution >= 4 is 33.5 Å². The average molecular weight is 291 g/mol. The first-order valence-electron chi connectivity index (χ1n) is 4.79. The Morgan fingerprint density at radius 1 is 1.67 bits per heavy atom. The van der Waals surface area contributed by atoms with E-state index in [2.05, 4.69) is 27.2 Å². The fourth-order valence-electron chi connectivity index (χ4n) is 1.75. The maximum Gasteiger partial charge on any atom is 0.166 e. The standard InChI is InChI=1S/C10H12BrFN2S/c1-15-8-2-3-14(6-8)10-9(12)4-7(11)5-13-10/h4-5,8H,2-3,6H2,1H3. The number of halogens is 2. The molecule has 1 aliphatic rings. The summed E-state index contributed by atoms with van der Waals surface area (Å²) in [5.41, 5.74) is 0. The van der Waals surface area contributed by atoms with Gasteiger partial charge in [-0.2, -0.15) is 11.8 Å². The Bertz CT molecular complexity index is 361. The molecule has 1 aromatic heterocycles. The lowest BCUT2D eigenvalue weighted by atomic mass is 10.4. The maximum absolute atomic E-state index is 13.6. The molecule has 0 aromatic carbocycles. The van der Waals surface area contributed by atoms with Gasteiger partial charge in [-0.05, 0) is 34.7 Å². The Labute approximate surface area is 101 Å². The number of aromatic nitrogens is 1. The van der Waals surface area contributed by atoms with Gasteiger partial charge in [0.05, 0.1) is 0 Å². The minimum atomic E-state index is -0.244. The SMILES string of the molecule is CSC1CCN(c2ncc(Br)cc2F)C1. The summed E-state index contributed by atoms with van der Waals surface area (Å²) in [7, 11) is 0. The molecular formula is C10H12BrFN2S. The fourth-order valence-corrected chi connectivity index (χ4v) is 2.73. The molecule has 82 valence electrons. The van der Waals surface area contributed by atoms with E-state index in [1.807, 2.05) is 16.7 Å². The smallest absolute Gasteiger partial charge is 0.166 e. The van der Waals surface area contributed by atoms with Crippen molar-refractivity contribution in [1.29, 1.82) is 0 Å². The topological polar surface area (TPSA) is 16.1 Å². The van der Waals surface area contributed by atoms with E-state index in [4.69, 9.17) is 0 Å². The summed E-state index contributed by atoms with van der Waals surface area (Å²) in [6.07, 6.45) is 4.85. The third-order valence-corrected chi connectivity index (χ3v) is 4.05. The molecule has 0 aliphatic carbocycles. The summed E-state index contributed by atoms with van der Waals surface area (Å²) in [6, 6.07) is 1.47. The van der Waals surface area contributed by atoms with Crippen molar-refractivity contribution in [2.75, 3.05) is 24.2 Å². The van der Waals surface area contributed by atoms with Gasteiger partial charge in [0.25, 0.3) is 0 Å². The van der Waals surface area contributed by atoms with Crippen molar-refractivity contribution in [2.45, 2.75) is 11.7 Å². The van der Waals surface area contributed by atoms with E-state index in [-0.39, 0.29) is 5.82 Å². The molecule has 0 N–H and O–H groups in total. The molecule has 0 spiro atoms. The van der Waals surface area contributed by atoms with Gasteiger partial charge in [-0.1, -0.05) is 0 Å². The molecule has 2 nitrogen and oxygen atoms in total. The van der Waals surface area contributed by atoms with Crippen LogP contribution in [0.3, 0.4) is 0 Å². The first kappa shape index (κ1) is 11.2. The maximum atomic E-state index is 13.6. The number of hydrogen-bond acceptors (Lipinski definition) is 3. The van der Waals surface area contributed by atoms with E-state index in [1.165, 1.54) is 6.07 Å². The molecule has 1 aromatic rings. The van der Waals surface area contributed by atoms with Crippen molar-refractivity contribution < 1.29 is 4.39 Å². The Morgan fingerprint density at radius 3 is 3.07 bits per heavy atom. The third-order valence-electron chi connectivity index (χ3n) is 2.57. The third kappa shape index (κ3) is 2.45. The highest BCUT2D eigenvalue weighted by atomic mass is 79.9. The van der Waals surface area contributed by atoms with E-state index in [0.717, 1.165) is 19.5 Å². The van der Waals surface area contributed by atoms with Gasteiger partial charge in [-0.15, -0.1) is 0 Å². The molecule has 1 saturated heterocycles. The van der Waals surface area contributed by atoms with Gasteiger partial charge >= 0.3 is 0 Å². The van der Waals surface area contributed by atoms with Crippen LogP contribution < -0.4 is 4.90 Å². The molecule has 0 bridgehead atoms. The second-order valence-corrected chi connectivity index (χ2v) is 5.61. The molecule has 0 radical (unpaired) electrons. The zero-order chi connectivity index (χ0) is 10.8. The molecule has 1 unspecified atom stereocenters. The lowest BCUT2D eigenvalue weighted by Gasteiger charge is -2.17. The molecule has 1 atom stereocenters. The summed E-state index contributed by atoms with van der Waals surface area (Å²) in [6.45, 7) is 1.80. The summed E-state index contributed by atoms with van der Waals surface area (Å²) >= 11 is 5.04. The zero-order valence-electron chi connectivity index (χ0n) is 8.41. The van der Waals surface area contributed by atoms with Crippen molar-refractivity contribution in [3.05, 3.63) is 22.6 Å². The van der Waals surface area contributed by atoms with Crippen LogP contribution in [0.1, 0.15) is 6.42 Å². The molecule has 0 amide bonds. The van der Waals surface area contributed by atoms with Crippen molar-refractivity contribution in [2.24, 2.45) is 0 Å². The van der Waals surface area contributed by atoms with Crippen LogP contribution in [0.25, 0.3) is 0 Å². The summed E-state index contributed by atoms with van der Waals surface area (Å²) < 4.78 is 14.3. The lowest BCUT2D eigenvalue weighted by Crippen LogP contribution is -2.22. The van der Waals surface area contributed by atoms with Gasteiger partial charge < -0.3 is 4.90 Å². The number of thioether (sulfide) groups is 1. The fraction of sp³-hybridized carbons (Fsp3) is 0.500. The molecule has 1 aliphatic heterocycles. The lowest BCUT2D eigenvalue weighted by molar-refractivity contribution is 0.615. The van der Waals surface area contributed by atoms with Crippen LogP contribution >= 0.6 is 27.7 Å². The highest BCUT2D eigenvalue weighted by molar-refractivity contribution is 9.10. The first-order chi connectivity index (χ1) is 7.20. The first-order valence-corrected chi connectivity index (χ1v) is 6.87. The highest BCUT2D eigenvalue weighted by Crippen LogP contribution is 2.27. The average Bonchev–Trinajstić information content (AvgIpc) is 2.66. The van der Waals surface area contributed by atoms with Crippen LogP contribution in [-0.4, -0.2) is 29.6 Å². The van der Waals surface area contributed by atoms with Crippen molar-refractivity contribution in [3.8, 4) is 0 Å². The Hall–Kier alpha value is -0.290. The van der Waals surface area contributed by atoms with Gasteiger partial charge in [0.1, 0.15) is 0 Å². The summed E-state index contributed by atoms with van der Waals surface area (Å²) in [4.78, 5) is 6.14. The van der Waals surface area contributed by atoms with Crippen LogP contribution in [0.5, 0.6) is 0 Å². The molecule has 15 heavy (non-hydrogen) atoms. The van der Waals surface area contributed by atoms with E-state index in [9.17, 15) is 4.39 Å². The number of nitrogens with zero attached hydrogens (tertiary/aromatic N) is 2. The van der Waals surface area contributed by atoms with Gasteiger partial charge in [-0.25, -0.2) is 9.37 Å². The second-order valence-electron chi connectivity index (χ2n) is 3.55. The molecule has 0 saturated carbocycles. The summed E-state index contributed by atoms with van der Waals surface area (Å²) in [5.74, 6) is 0.237. The molecule has 5 heteroatoms. The van der Waals surface area contributed by atoms with Crippen LogP contribution in [0.4, 0.5) is 10.2 Å². The highest BCUT2D eigenvalue weighted by Gasteiger charge is 2.24. The normalized spacial score (nSPS) is 21.0. The van der Waals surface area contributed by atoms with E-state index in [0.29, 0.717) is 15.5 Å². The Balaban J connectivity index is 2.17. The minimum absolute atomic E-state index is 0.244. The second kappa shape index (κ2) is 4.70. The van der Waals surface area contributed by atoms with Gasteiger partial charge in [0.2, 0.25) is 0 Å². The number of hydrogen-bond donors (Lipinski definition) is 0.